The third-order valence-corrected chi connectivity index (χ3v) is 9.59. The molecule has 0 bridgehead atoms. The minimum Gasteiger partial charge on any atom is -0.381 e. The number of nitrogens with zero attached hydrogens (tertiary/aromatic N) is 3. The minimum absolute atomic E-state index is 0.392. The average molecular weight is 484 g/mol. The van der Waals surface area contributed by atoms with E-state index in [1.165, 1.54) is 55.2 Å². The number of hydrogen-bond donors (Lipinski definition) is 0. The molecule has 2 atom stereocenters. The third kappa shape index (κ3) is 6.00. The zero-order chi connectivity index (χ0) is 23.3. The normalized spacial score (nSPS) is 28.6. The first-order chi connectivity index (χ1) is 16.7. The van der Waals surface area contributed by atoms with Crippen molar-refractivity contribution in [1.29, 1.82) is 0 Å². The van der Waals surface area contributed by atoms with Gasteiger partial charge in [0.2, 0.25) is 0 Å². The van der Waals surface area contributed by atoms with E-state index in [9.17, 15) is 4.79 Å². The van der Waals surface area contributed by atoms with Crippen molar-refractivity contribution >= 4 is 33.0 Å². The molecule has 0 N–H and O–H groups in total. The third-order valence-electron chi connectivity index (χ3n) is 8.71. The lowest BCUT2D eigenvalue weighted by Crippen LogP contribution is -2.47. The zero-order valence-electron chi connectivity index (χ0n) is 20.8. The maximum absolute atomic E-state index is 12.6. The fraction of sp³-hybridized carbons (Fsp3) is 0.714. The van der Waals surface area contributed by atoms with E-state index in [0.29, 0.717) is 23.7 Å². The first-order valence-electron chi connectivity index (χ1n) is 13.5. The summed E-state index contributed by atoms with van der Waals surface area (Å²) in [4.78, 5) is 22.4. The van der Waals surface area contributed by atoms with Crippen LogP contribution in [0.2, 0.25) is 0 Å². The number of hydrogen-bond acceptors (Lipinski definition) is 6. The first-order valence-corrected chi connectivity index (χ1v) is 14.4. The Morgan fingerprint density at radius 1 is 1.00 bits per heavy atom. The van der Waals surface area contributed by atoms with Crippen LogP contribution in [0.1, 0.15) is 64.2 Å². The van der Waals surface area contributed by atoms with Gasteiger partial charge in [0.1, 0.15) is 11.6 Å². The van der Waals surface area contributed by atoms with Crippen LogP contribution in [-0.4, -0.2) is 61.6 Å². The van der Waals surface area contributed by atoms with Crippen LogP contribution in [0, 0.1) is 17.8 Å². The number of fused-ring (bicyclic) bond motifs is 1. The van der Waals surface area contributed by atoms with E-state index in [1.54, 1.807) is 18.4 Å². The van der Waals surface area contributed by atoms with Crippen molar-refractivity contribution in [3.63, 3.8) is 0 Å². The van der Waals surface area contributed by atoms with Crippen molar-refractivity contribution in [2.45, 2.75) is 70.3 Å². The molecule has 5 nitrogen and oxygen atoms in total. The summed E-state index contributed by atoms with van der Waals surface area (Å²) in [6.07, 6.45) is 13.8. The summed E-state index contributed by atoms with van der Waals surface area (Å²) >= 11 is 1.80. The summed E-state index contributed by atoms with van der Waals surface area (Å²) in [5, 5.41) is 3.47. The second-order valence-electron chi connectivity index (χ2n) is 11.0. The van der Waals surface area contributed by atoms with Crippen molar-refractivity contribution < 1.29 is 9.53 Å². The molecule has 2 saturated carbocycles. The van der Waals surface area contributed by atoms with Crippen LogP contribution >= 0.6 is 11.3 Å². The average Bonchev–Trinajstić information content (AvgIpc) is 3.53. The largest absolute Gasteiger partial charge is 0.381 e. The van der Waals surface area contributed by atoms with Crippen LogP contribution in [0.3, 0.4) is 0 Å². The summed E-state index contributed by atoms with van der Waals surface area (Å²) < 4.78 is 6.81. The summed E-state index contributed by atoms with van der Waals surface area (Å²) in [5.74, 6) is 3.73. The van der Waals surface area contributed by atoms with Crippen LogP contribution in [-0.2, 0) is 9.53 Å². The molecule has 0 radical (unpaired) electrons. The van der Waals surface area contributed by atoms with Gasteiger partial charge in [-0.2, -0.15) is 0 Å². The van der Waals surface area contributed by atoms with E-state index in [1.807, 2.05) is 6.20 Å². The highest BCUT2D eigenvalue weighted by atomic mass is 32.1. The van der Waals surface area contributed by atoms with Gasteiger partial charge >= 0.3 is 0 Å². The molecule has 5 rings (SSSR count). The molecule has 1 saturated heterocycles. The molecule has 0 unspecified atom stereocenters. The maximum Gasteiger partial charge on any atom is 0.137 e. The number of rotatable bonds is 9. The Hall–Kier alpha value is -1.50. The van der Waals surface area contributed by atoms with Crippen molar-refractivity contribution in [3.8, 4) is 0 Å². The molecule has 186 valence electrons. The molecule has 2 aromatic rings. The Morgan fingerprint density at radius 3 is 2.50 bits per heavy atom. The smallest absolute Gasteiger partial charge is 0.137 e. The van der Waals surface area contributed by atoms with Gasteiger partial charge < -0.3 is 9.64 Å². The standard InChI is InChI=1S/C28H41N3O2S/c1-33-25-7-6-23(20-25)19-24(32)18-22-4-2-21(3-5-22)9-12-30-13-15-31(16-14-30)28-26-10-17-34-27(26)8-11-29-28/h8,10-11,17,21-23,25H,2-7,9,12-16,18-20H2,1H3/t21?,22?,23-,25+/m1/s1. The lowest BCUT2D eigenvalue weighted by molar-refractivity contribution is -0.121. The van der Waals surface area contributed by atoms with Gasteiger partial charge in [-0.3, -0.25) is 9.69 Å². The first kappa shape index (κ1) is 24.2. The van der Waals surface area contributed by atoms with E-state index >= 15 is 0 Å². The molecular weight excluding hydrogens is 442 g/mol. The van der Waals surface area contributed by atoms with E-state index in [-0.39, 0.29) is 0 Å². The number of ketones is 1. The van der Waals surface area contributed by atoms with Gasteiger partial charge in [0.25, 0.3) is 0 Å². The number of methoxy groups -OCH3 is 1. The summed E-state index contributed by atoms with van der Waals surface area (Å²) in [7, 11) is 1.80. The van der Waals surface area contributed by atoms with Crippen molar-refractivity contribution in [1.82, 2.24) is 9.88 Å². The molecule has 2 aliphatic carbocycles. The van der Waals surface area contributed by atoms with Gasteiger partial charge in [0.15, 0.2) is 0 Å². The highest BCUT2D eigenvalue weighted by Gasteiger charge is 2.29. The number of carbonyl (C=O) groups is 1. The molecule has 0 spiro atoms. The van der Waals surface area contributed by atoms with Gasteiger partial charge in [-0.05, 0) is 80.3 Å². The SMILES string of the molecule is CO[C@H]1CC[C@H](CC(=O)CC2CCC(CCN3CCN(c4nccc5sccc45)CC3)CC2)C1. The van der Waals surface area contributed by atoms with Crippen molar-refractivity contribution in [3.05, 3.63) is 23.7 Å². The van der Waals surface area contributed by atoms with Gasteiger partial charge in [-0.25, -0.2) is 4.98 Å². The molecule has 0 amide bonds. The molecule has 6 heteroatoms. The topological polar surface area (TPSA) is 45.7 Å². The molecule has 3 fully saturated rings. The second kappa shape index (κ2) is 11.5. The lowest BCUT2D eigenvalue weighted by atomic mass is 9.78. The fourth-order valence-corrected chi connectivity index (χ4v) is 7.34. The summed E-state index contributed by atoms with van der Waals surface area (Å²) in [5.41, 5.74) is 0. The molecular formula is C28H41N3O2S. The minimum atomic E-state index is 0.392. The van der Waals surface area contributed by atoms with Crippen LogP contribution in [0.4, 0.5) is 5.82 Å². The summed E-state index contributed by atoms with van der Waals surface area (Å²) in [6, 6.07) is 4.33. The Kier molecular flexibility index (Phi) is 8.18. The van der Waals surface area contributed by atoms with Gasteiger partial charge in [-0.1, -0.05) is 12.8 Å². The quantitative estimate of drug-likeness (QED) is 0.452. The fourth-order valence-electron chi connectivity index (χ4n) is 6.56. The molecule has 0 aromatic carbocycles. The van der Waals surface area contributed by atoms with Gasteiger partial charge in [-0.15, -0.1) is 11.3 Å². The Bertz CT molecular complexity index is 931. The maximum atomic E-state index is 12.6. The molecule has 3 aliphatic rings. The Balaban J connectivity index is 0.981. The lowest BCUT2D eigenvalue weighted by Gasteiger charge is -2.37. The molecule has 34 heavy (non-hydrogen) atoms. The van der Waals surface area contributed by atoms with Gasteiger partial charge in [0, 0.05) is 62.4 Å². The van der Waals surface area contributed by atoms with Crippen molar-refractivity contribution in [2.24, 2.45) is 17.8 Å². The monoisotopic (exact) mass is 483 g/mol. The number of pyridine rings is 1. The molecule has 1 aliphatic heterocycles. The highest BCUT2D eigenvalue weighted by Crippen LogP contribution is 2.35. The van der Waals surface area contributed by atoms with Crippen LogP contribution in [0.25, 0.3) is 10.1 Å². The van der Waals surface area contributed by atoms with Crippen LogP contribution in [0.5, 0.6) is 0 Å². The van der Waals surface area contributed by atoms with Crippen LogP contribution < -0.4 is 4.90 Å². The number of aromatic nitrogens is 1. The Morgan fingerprint density at radius 2 is 1.74 bits per heavy atom. The van der Waals surface area contributed by atoms with Gasteiger partial charge in [0.05, 0.1) is 6.10 Å². The predicted octanol–water partition coefficient (Wildman–Crippen LogP) is 5.78. The number of carbonyl (C=O) groups excluding carboxylic acids is 1. The predicted molar refractivity (Wildman–Crippen MR) is 141 cm³/mol. The number of piperazine rings is 1. The van der Waals surface area contributed by atoms with E-state index in [0.717, 1.165) is 63.6 Å². The van der Waals surface area contributed by atoms with E-state index in [2.05, 4.69) is 27.3 Å². The van der Waals surface area contributed by atoms with Crippen molar-refractivity contribution in [2.75, 3.05) is 44.7 Å². The summed E-state index contributed by atoms with van der Waals surface area (Å²) in [6.45, 7) is 5.64. The van der Waals surface area contributed by atoms with Crippen LogP contribution in [0.15, 0.2) is 23.7 Å². The van der Waals surface area contributed by atoms with E-state index in [4.69, 9.17) is 9.72 Å². The molecule has 2 aromatic heterocycles. The Labute approximate surface area is 208 Å². The van der Waals surface area contributed by atoms with E-state index < -0.39 is 0 Å². The number of anilines is 1. The highest BCUT2D eigenvalue weighted by molar-refractivity contribution is 7.17. The zero-order valence-corrected chi connectivity index (χ0v) is 21.6. The number of Topliss-reactive ketones (excluding diaryl/α,β-unsaturated/α-hetero) is 1. The number of thiophene rings is 1. The number of ether oxygens (including phenoxy) is 1. The molecule has 3 heterocycles. The second-order valence-corrected chi connectivity index (χ2v) is 11.9.